The Morgan fingerprint density at radius 3 is 2.67 bits per heavy atom. The molecule has 2 atom stereocenters. The number of nitrogens with zero attached hydrogens (tertiary/aromatic N) is 2. The fourth-order valence-corrected chi connectivity index (χ4v) is 1.74. The maximum Gasteiger partial charge on any atom is 0.228 e. The third-order valence-corrected chi connectivity index (χ3v) is 3.16. The molecule has 0 saturated carbocycles. The fourth-order valence-electron chi connectivity index (χ4n) is 1.74. The van der Waals surface area contributed by atoms with Gasteiger partial charge in [0.05, 0.1) is 0 Å². The Morgan fingerprint density at radius 1 is 1.28 bits per heavy atom. The van der Waals surface area contributed by atoms with E-state index < -0.39 is 0 Å². The molecule has 1 aromatic carbocycles. The molecular weight excluding hydrogens is 226 g/mol. The Hall–Kier alpha value is -1.68. The molecule has 0 spiro atoms. The second kappa shape index (κ2) is 5.78. The van der Waals surface area contributed by atoms with Crippen molar-refractivity contribution in [2.75, 3.05) is 0 Å². The SMILES string of the molecule is CCC(C)c1noc(CC(N)c2ccccc2)n1. The molecule has 1 heterocycles. The Kier molecular flexibility index (Phi) is 4.10. The molecule has 0 aliphatic carbocycles. The summed E-state index contributed by atoms with van der Waals surface area (Å²) in [5, 5.41) is 3.99. The average Bonchev–Trinajstić information content (AvgIpc) is 2.87. The van der Waals surface area contributed by atoms with Gasteiger partial charge in [0.25, 0.3) is 0 Å². The number of rotatable bonds is 5. The van der Waals surface area contributed by atoms with Crippen molar-refractivity contribution in [2.24, 2.45) is 5.73 Å². The summed E-state index contributed by atoms with van der Waals surface area (Å²) in [5.41, 5.74) is 7.20. The summed E-state index contributed by atoms with van der Waals surface area (Å²) in [5.74, 6) is 1.71. The van der Waals surface area contributed by atoms with Crippen molar-refractivity contribution in [3.8, 4) is 0 Å². The molecule has 4 nitrogen and oxygen atoms in total. The summed E-state index contributed by atoms with van der Waals surface area (Å²) < 4.78 is 5.24. The first-order valence-electron chi connectivity index (χ1n) is 6.33. The molecule has 0 saturated heterocycles. The van der Waals surface area contributed by atoms with E-state index in [1.807, 2.05) is 30.3 Å². The smallest absolute Gasteiger partial charge is 0.228 e. The van der Waals surface area contributed by atoms with Gasteiger partial charge in [-0.3, -0.25) is 0 Å². The quantitative estimate of drug-likeness (QED) is 0.879. The van der Waals surface area contributed by atoms with E-state index >= 15 is 0 Å². The Morgan fingerprint density at radius 2 is 2.00 bits per heavy atom. The molecule has 1 aromatic heterocycles. The van der Waals surface area contributed by atoms with Gasteiger partial charge in [-0.05, 0) is 12.0 Å². The summed E-state index contributed by atoms with van der Waals surface area (Å²) >= 11 is 0. The molecule has 96 valence electrons. The van der Waals surface area contributed by atoms with Gasteiger partial charge in [-0.15, -0.1) is 0 Å². The van der Waals surface area contributed by atoms with Gasteiger partial charge < -0.3 is 10.3 Å². The average molecular weight is 245 g/mol. The van der Waals surface area contributed by atoms with Crippen LogP contribution in [0, 0.1) is 0 Å². The molecule has 2 unspecified atom stereocenters. The zero-order valence-corrected chi connectivity index (χ0v) is 10.8. The minimum atomic E-state index is -0.101. The van der Waals surface area contributed by atoms with Gasteiger partial charge in [0, 0.05) is 18.4 Å². The minimum Gasteiger partial charge on any atom is -0.339 e. The third kappa shape index (κ3) is 2.96. The van der Waals surface area contributed by atoms with E-state index in [2.05, 4.69) is 24.0 Å². The lowest BCUT2D eigenvalue weighted by atomic mass is 10.1. The van der Waals surface area contributed by atoms with Crippen molar-refractivity contribution in [1.29, 1.82) is 0 Å². The Labute approximate surface area is 107 Å². The maximum absolute atomic E-state index is 6.12. The van der Waals surface area contributed by atoms with Gasteiger partial charge >= 0.3 is 0 Å². The van der Waals surface area contributed by atoms with Gasteiger partial charge in [0.15, 0.2) is 5.82 Å². The van der Waals surface area contributed by atoms with Crippen LogP contribution in [-0.4, -0.2) is 10.1 Å². The summed E-state index contributed by atoms with van der Waals surface area (Å²) in [6.45, 7) is 4.20. The van der Waals surface area contributed by atoms with E-state index in [0.717, 1.165) is 17.8 Å². The standard InChI is InChI=1S/C14H19N3O/c1-3-10(2)14-16-13(18-17-14)9-12(15)11-7-5-4-6-8-11/h4-8,10,12H,3,9,15H2,1-2H3. The van der Waals surface area contributed by atoms with E-state index in [0.29, 0.717) is 18.2 Å². The minimum absolute atomic E-state index is 0.101. The molecule has 0 radical (unpaired) electrons. The van der Waals surface area contributed by atoms with Crippen LogP contribution in [0.25, 0.3) is 0 Å². The molecule has 4 heteroatoms. The highest BCUT2D eigenvalue weighted by atomic mass is 16.5. The molecular formula is C14H19N3O. The van der Waals surface area contributed by atoms with Crippen molar-refractivity contribution in [1.82, 2.24) is 10.1 Å². The van der Waals surface area contributed by atoms with E-state index in [1.165, 1.54) is 0 Å². The van der Waals surface area contributed by atoms with E-state index in [9.17, 15) is 0 Å². The Bertz CT molecular complexity index is 481. The first-order valence-corrected chi connectivity index (χ1v) is 6.33. The maximum atomic E-state index is 6.12. The van der Waals surface area contributed by atoms with Crippen LogP contribution in [0.1, 0.15) is 49.5 Å². The zero-order chi connectivity index (χ0) is 13.0. The van der Waals surface area contributed by atoms with Gasteiger partial charge in [-0.2, -0.15) is 4.98 Å². The molecule has 0 fully saturated rings. The lowest BCUT2D eigenvalue weighted by molar-refractivity contribution is 0.362. The normalized spacial score (nSPS) is 14.4. The topological polar surface area (TPSA) is 64.9 Å². The summed E-state index contributed by atoms with van der Waals surface area (Å²) in [6, 6.07) is 9.86. The highest BCUT2D eigenvalue weighted by Gasteiger charge is 2.15. The highest BCUT2D eigenvalue weighted by molar-refractivity contribution is 5.19. The van der Waals surface area contributed by atoms with Gasteiger partial charge in [0.1, 0.15) is 0 Å². The number of hydrogen-bond donors (Lipinski definition) is 1. The fraction of sp³-hybridized carbons (Fsp3) is 0.429. The monoisotopic (exact) mass is 245 g/mol. The van der Waals surface area contributed by atoms with Crippen LogP contribution in [0.3, 0.4) is 0 Å². The molecule has 2 rings (SSSR count). The molecule has 2 aromatic rings. The lowest BCUT2D eigenvalue weighted by Gasteiger charge is -2.08. The molecule has 0 aliphatic rings. The van der Waals surface area contributed by atoms with Crippen LogP contribution in [0.4, 0.5) is 0 Å². The van der Waals surface area contributed by atoms with Crippen molar-refractivity contribution in [3.63, 3.8) is 0 Å². The third-order valence-electron chi connectivity index (χ3n) is 3.16. The zero-order valence-electron chi connectivity index (χ0n) is 10.8. The summed E-state index contributed by atoms with van der Waals surface area (Å²) in [7, 11) is 0. The van der Waals surface area contributed by atoms with Crippen molar-refractivity contribution in [3.05, 3.63) is 47.6 Å². The van der Waals surface area contributed by atoms with E-state index in [4.69, 9.17) is 10.3 Å². The largest absolute Gasteiger partial charge is 0.339 e. The molecule has 0 amide bonds. The number of benzene rings is 1. The first kappa shape index (κ1) is 12.8. The lowest BCUT2D eigenvalue weighted by Crippen LogP contribution is -2.13. The first-order chi connectivity index (χ1) is 8.70. The Balaban J connectivity index is 2.03. The van der Waals surface area contributed by atoms with E-state index in [-0.39, 0.29) is 6.04 Å². The summed E-state index contributed by atoms with van der Waals surface area (Å²) in [6.07, 6.45) is 1.58. The number of aromatic nitrogens is 2. The van der Waals surface area contributed by atoms with Crippen molar-refractivity contribution >= 4 is 0 Å². The number of hydrogen-bond acceptors (Lipinski definition) is 4. The predicted molar refractivity (Wildman–Crippen MR) is 70.1 cm³/mol. The van der Waals surface area contributed by atoms with Crippen molar-refractivity contribution in [2.45, 2.75) is 38.6 Å². The molecule has 18 heavy (non-hydrogen) atoms. The molecule has 0 bridgehead atoms. The summed E-state index contributed by atoms with van der Waals surface area (Å²) in [4.78, 5) is 4.39. The molecule has 2 N–H and O–H groups in total. The van der Waals surface area contributed by atoms with Crippen molar-refractivity contribution < 1.29 is 4.52 Å². The van der Waals surface area contributed by atoms with Crippen LogP contribution < -0.4 is 5.73 Å². The van der Waals surface area contributed by atoms with E-state index in [1.54, 1.807) is 0 Å². The van der Waals surface area contributed by atoms with Crippen LogP contribution in [0.15, 0.2) is 34.9 Å². The van der Waals surface area contributed by atoms with Gasteiger partial charge in [0.2, 0.25) is 5.89 Å². The highest BCUT2D eigenvalue weighted by Crippen LogP contribution is 2.18. The van der Waals surface area contributed by atoms with Gasteiger partial charge in [-0.25, -0.2) is 0 Å². The van der Waals surface area contributed by atoms with Crippen LogP contribution in [0.2, 0.25) is 0 Å². The number of nitrogens with two attached hydrogens (primary N) is 1. The van der Waals surface area contributed by atoms with Crippen LogP contribution in [-0.2, 0) is 6.42 Å². The predicted octanol–water partition coefficient (Wildman–Crippen LogP) is 2.83. The second-order valence-corrected chi connectivity index (χ2v) is 4.58. The molecule has 0 aliphatic heterocycles. The van der Waals surface area contributed by atoms with Crippen LogP contribution >= 0.6 is 0 Å². The van der Waals surface area contributed by atoms with Crippen LogP contribution in [0.5, 0.6) is 0 Å². The van der Waals surface area contributed by atoms with Gasteiger partial charge in [-0.1, -0.05) is 49.3 Å². The second-order valence-electron chi connectivity index (χ2n) is 4.58.